The van der Waals surface area contributed by atoms with Crippen molar-refractivity contribution >= 4 is 17.5 Å². The smallest absolute Gasteiger partial charge is 0.191 e. The first-order chi connectivity index (χ1) is 11.1. The van der Waals surface area contributed by atoms with Gasteiger partial charge in [-0.15, -0.1) is 10.2 Å². The Morgan fingerprint density at radius 1 is 1.26 bits per heavy atom. The molecule has 1 aliphatic rings. The molecule has 23 heavy (non-hydrogen) atoms. The first kappa shape index (κ1) is 16.3. The SMILES string of the molecule is CCn1c(C)cc(C(=O)CSc2nnc3n2CCCCC3)c1C. The number of carbonyl (C=O) groups excluding carboxylic acids is 1. The van der Waals surface area contributed by atoms with Crippen molar-refractivity contribution in [1.29, 1.82) is 0 Å². The molecule has 0 aromatic carbocycles. The van der Waals surface area contributed by atoms with E-state index in [9.17, 15) is 4.79 Å². The van der Waals surface area contributed by atoms with E-state index in [1.165, 1.54) is 31.0 Å². The predicted octanol–water partition coefficient (Wildman–Crippen LogP) is 3.42. The minimum atomic E-state index is 0.175. The monoisotopic (exact) mass is 332 g/mol. The van der Waals surface area contributed by atoms with Crippen LogP contribution in [-0.4, -0.2) is 30.9 Å². The number of hydrogen-bond donors (Lipinski definition) is 0. The summed E-state index contributed by atoms with van der Waals surface area (Å²) in [7, 11) is 0. The largest absolute Gasteiger partial charge is 0.349 e. The van der Waals surface area contributed by atoms with Gasteiger partial charge in [-0.1, -0.05) is 18.2 Å². The maximum Gasteiger partial charge on any atom is 0.191 e. The molecule has 124 valence electrons. The fourth-order valence-electron chi connectivity index (χ4n) is 3.34. The molecule has 0 saturated heterocycles. The van der Waals surface area contributed by atoms with Crippen LogP contribution >= 0.6 is 11.8 Å². The van der Waals surface area contributed by atoms with Gasteiger partial charge in [0.25, 0.3) is 0 Å². The van der Waals surface area contributed by atoms with Crippen LogP contribution in [0, 0.1) is 13.8 Å². The summed E-state index contributed by atoms with van der Waals surface area (Å²) in [4.78, 5) is 12.6. The molecule has 0 saturated carbocycles. The maximum absolute atomic E-state index is 12.6. The standard InChI is InChI=1S/C17H24N4OS/c1-4-20-12(2)10-14(13(20)3)15(22)11-23-17-19-18-16-8-6-5-7-9-21(16)17/h10H,4-9,11H2,1-3H3. The van der Waals surface area contributed by atoms with Crippen molar-refractivity contribution in [3.05, 3.63) is 28.8 Å². The number of aryl methyl sites for hydroxylation is 2. The van der Waals surface area contributed by atoms with Gasteiger partial charge in [-0.05, 0) is 39.7 Å². The Balaban J connectivity index is 1.71. The normalized spacial score (nSPS) is 14.6. The Kier molecular flexibility index (Phi) is 4.90. The van der Waals surface area contributed by atoms with Crippen molar-refractivity contribution in [2.75, 3.05) is 5.75 Å². The Labute approximate surface area is 141 Å². The van der Waals surface area contributed by atoms with Crippen molar-refractivity contribution in [2.45, 2.75) is 64.7 Å². The van der Waals surface area contributed by atoms with Crippen LogP contribution in [0.4, 0.5) is 0 Å². The van der Waals surface area contributed by atoms with Crippen molar-refractivity contribution in [1.82, 2.24) is 19.3 Å². The van der Waals surface area contributed by atoms with Gasteiger partial charge in [-0.2, -0.15) is 0 Å². The summed E-state index contributed by atoms with van der Waals surface area (Å²) in [6.45, 7) is 8.06. The Morgan fingerprint density at radius 3 is 2.83 bits per heavy atom. The minimum absolute atomic E-state index is 0.175. The van der Waals surface area contributed by atoms with Crippen molar-refractivity contribution in [2.24, 2.45) is 0 Å². The van der Waals surface area contributed by atoms with E-state index in [0.29, 0.717) is 5.75 Å². The number of fused-ring (bicyclic) bond motifs is 1. The highest BCUT2D eigenvalue weighted by Gasteiger charge is 2.19. The average molecular weight is 332 g/mol. The van der Waals surface area contributed by atoms with E-state index in [1.807, 2.05) is 13.0 Å². The van der Waals surface area contributed by atoms with Crippen molar-refractivity contribution < 1.29 is 4.79 Å². The lowest BCUT2D eigenvalue weighted by molar-refractivity contribution is 0.102. The van der Waals surface area contributed by atoms with Crippen LogP contribution < -0.4 is 0 Å². The van der Waals surface area contributed by atoms with E-state index in [1.54, 1.807) is 0 Å². The molecule has 0 aliphatic carbocycles. The maximum atomic E-state index is 12.6. The first-order valence-corrected chi connectivity index (χ1v) is 9.35. The summed E-state index contributed by atoms with van der Waals surface area (Å²) in [5, 5.41) is 9.47. The Morgan fingerprint density at radius 2 is 2.09 bits per heavy atom. The summed E-state index contributed by atoms with van der Waals surface area (Å²) in [5.74, 6) is 1.67. The third-order valence-corrected chi connectivity index (χ3v) is 5.56. The molecule has 2 aromatic rings. The first-order valence-electron chi connectivity index (χ1n) is 8.36. The quantitative estimate of drug-likeness (QED) is 0.622. The number of ketones is 1. The second-order valence-corrected chi connectivity index (χ2v) is 7.04. The lowest BCUT2D eigenvalue weighted by atomic mass is 10.2. The predicted molar refractivity (Wildman–Crippen MR) is 92.2 cm³/mol. The molecule has 0 radical (unpaired) electrons. The number of thioether (sulfide) groups is 1. The topological polar surface area (TPSA) is 52.7 Å². The molecular weight excluding hydrogens is 308 g/mol. The third-order valence-electron chi connectivity index (χ3n) is 4.60. The van der Waals surface area contributed by atoms with Gasteiger partial charge < -0.3 is 9.13 Å². The second kappa shape index (κ2) is 6.91. The third kappa shape index (κ3) is 3.22. The Hall–Kier alpha value is -1.56. The van der Waals surface area contributed by atoms with Gasteiger partial charge in [0.05, 0.1) is 5.75 Å². The highest BCUT2D eigenvalue weighted by atomic mass is 32.2. The number of hydrogen-bond acceptors (Lipinski definition) is 4. The van der Waals surface area contributed by atoms with Crippen LogP contribution in [0.3, 0.4) is 0 Å². The number of Topliss-reactive ketones (excluding diaryl/α,β-unsaturated/α-hetero) is 1. The summed E-state index contributed by atoms with van der Waals surface area (Å²) in [6, 6.07) is 2.01. The molecule has 2 aromatic heterocycles. The summed E-state index contributed by atoms with van der Waals surface area (Å²) in [6.07, 6.45) is 4.60. The van der Waals surface area contributed by atoms with E-state index in [2.05, 4.69) is 33.2 Å². The van der Waals surface area contributed by atoms with E-state index in [4.69, 9.17) is 0 Å². The molecule has 0 bridgehead atoms. The van der Waals surface area contributed by atoms with Gasteiger partial charge in [0.2, 0.25) is 0 Å². The van der Waals surface area contributed by atoms with Crippen LogP contribution in [-0.2, 0) is 19.5 Å². The van der Waals surface area contributed by atoms with Gasteiger partial charge >= 0.3 is 0 Å². The lowest BCUT2D eigenvalue weighted by Gasteiger charge is -2.07. The molecule has 5 nitrogen and oxygen atoms in total. The van der Waals surface area contributed by atoms with Gasteiger partial charge in [0.15, 0.2) is 10.9 Å². The van der Waals surface area contributed by atoms with Crippen LogP contribution in [0.15, 0.2) is 11.2 Å². The molecule has 0 amide bonds. The van der Waals surface area contributed by atoms with E-state index < -0.39 is 0 Å². The highest BCUT2D eigenvalue weighted by molar-refractivity contribution is 7.99. The van der Waals surface area contributed by atoms with Gasteiger partial charge in [0, 0.05) is 36.5 Å². The number of aromatic nitrogens is 4. The molecule has 0 spiro atoms. The molecule has 1 aliphatic heterocycles. The Bertz CT molecular complexity index is 716. The van der Waals surface area contributed by atoms with Crippen LogP contribution in [0.5, 0.6) is 0 Å². The van der Waals surface area contributed by atoms with E-state index in [0.717, 1.165) is 47.4 Å². The lowest BCUT2D eigenvalue weighted by Crippen LogP contribution is -2.07. The fraction of sp³-hybridized carbons (Fsp3) is 0.588. The van der Waals surface area contributed by atoms with Crippen LogP contribution in [0.1, 0.15) is 53.8 Å². The zero-order valence-corrected chi connectivity index (χ0v) is 14.9. The summed E-state index contributed by atoms with van der Waals surface area (Å²) in [5.41, 5.74) is 3.05. The molecule has 3 rings (SSSR count). The molecule has 6 heteroatoms. The van der Waals surface area contributed by atoms with Gasteiger partial charge in [0.1, 0.15) is 5.82 Å². The molecule has 0 N–H and O–H groups in total. The van der Waals surface area contributed by atoms with Gasteiger partial charge in [-0.3, -0.25) is 4.79 Å². The molecule has 0 atom stereocenters. The second-order valence-electron chi connectivity index (χ2n) is 6.10. The highest BCUT2D eigenvalue weighted by Crippen LogP contribution is 2.24. The number of nitrogens with zero attached hydrogens (tertiary/aromatic N) is 4. The fourth-order valence-corrected chi connectivity index (χ4v) is 4.21. The summed E-state index contributed by atoms with van der Waals surface area (Å²) >= 11 is 1.52. The molecular formula is C17H24N4OS. The van der Waals surface area contributed by atoms with E-state index >= 15 is 0 Å². The number of rotatable bonds is 5. The molecule has 0 fully saturated rings. The zero-order chi connectivity index (χ0) is 16.4. The average Bonchev–Trinajstić information content (AvgIpc) is 2.95. The van der Waals surface area contributed by atoms with Crippen molar-refractivity contribution in [3.63, 3.8) is 0 Å². The molecule has 0 unspecified atom stereocenters. The number of carbonyl (C=O) groups is 1. The molecule has 3 heterocycles. The van der Waals surface area contributed by atoms with E-state index in [-0.39, 0.29) is 5.78 Å². The zero-order valence-electron chi connectivity index (χ0n) is 14.1. The minimum Gasteiger partial charge on any atom is -0.349 e. The summed E-state index contributed by atoms with van der Waals surface area (Å²) < 4.78 is 4.38. The van der Waals surface area contributed by atoms with Crippen LogP contribution in [0.2, 0.25) is 0 Å². The van der Waals surface area contributed by atoms with Crippen LogP contribution in [0.25, 0.3) is 0 Å². The van der Waals surface area contributed by atoms with Crippen molar-refractivity contribution in [3.8, 4) is 0 Å². The van der Waals surface area contributed by atoms with Gasteiger partial charge in [-0.25, -0.2) is 0 Å².